The van der Waals surface area contributed by atoms with E-state index in [4.69, 9.17) is 0 Å². The van der Waals surface area contributed by atoms with Gasteiger partial charge >= 0.3 is 0 Å². The highest BCUT2D eigenvalue weighted by atomic mass is 32.2. The first kappa shape index (κ1) is 9.04. The van der Waals surface area contributed by atoms with Crippen molar-refractivity contribution < 1.29 is 8.42 Å². The van der Waals surface area contributed by atoms with Crippen molar-refractivity contribution in [2.24, 2.45) is 5.92 Å². The van der Waals surface area contributed by atoms with Gasteiger partial charge in [0, 0.05) is 22.1 Å². The highest BCUT2D eigenvalue weighted by Gasteiger charge is 2.57. The van der Waals surface area contributed by atoms with Crippen LogP contribution < -0.4 is 0 Å². The molecule has 0 aromatic heterocycles. The van der Waals surface area contributed by atoms with Crippen molar-refractivity contribution >= 4 is 21.6 Å². The summed E-state index contributed by atoms with van der Waals surface area (Å²) in [6, 6.07) is 0. The lowest BCUT2D eigenvalue weighted by Crippen LogP contribution is -2.30. The molecule has 3 heterocycles. The predicted molar refractivity (Wildman–Crippen MR) is 58.7 cm³/mol. The predicted octanol–water partition coefficient (Wildman–Crippen LogP) is 1.10. The van der Waals surface area contributed by atoms with Crippen molar-refractivity contribution in [2.75, 3.05) is 0 Å². The fourth-order valence-electron chi connectivity index (χ4n) is 2.92. The van der Waals surface area contributed by atoms with Crippen LogP contribution in [0.25, 0.3) is 0 Å². The van der Waals surface area contributed by atoms with Gasteiger partial charge in [0.25, 0.3) is 0 Å². The second kappa shape index (κ2) is 2.67. The molecule has 4 heteroatoms. The summed E-state index contributed by atoms with van der Waals surface area (Å²) in [5, 5.41) is 2.19. The molecular formula is C10H12O2S2. The van der Waals surface area contributed by atoms with Crippen molar-refractivity contribution in [3.8, 4) is 0 Å². The molecule has 2 unspecified atom stereocenters. The van der Waals surface area contributed by atoms with Gasteiger partial charge in [0.2, 0.25) is 0 Å². The lowest BCUT2D eigenvalue weighted by Gasteiger charge is -2.21. The lowest BCUT2D eigenvalue weighted by atomic mass is 9.85. The van der Waals surface area contributed by atoms with Crippen LogP contribution in [0.3, 0.4) is 0 Å². The Kier molecular flexibility index (Phi) is 1.72. The summed E-state index contributed by atoms with van der Waals surface area (Å²) in [6.45, 7) is 4.07. The van der Waals surface area contributed by atoms with Crippen LogP contribution >= 0.6 is 0 Å². The molecule has 0 amide bonds. The van der Waals surface area contributed by atoms with Crippen LogP contribution in [0.5, 0.6) is 0 Å². The molecule has 6 atom stereocenters. The summed E-state index contributed by atoms with van der Waals surface area (Å²) in [5.74, 6) is 0.298. The third-order valence-corrected chi connectivity index (χ3v) is 7.53. The summed E-state index contributed by atoms with van der Waals surface area (Å²) in [7, 11) is -1.70. The van der Waals surface area contributed by atoms with Crippen molar-refractivity contribution in [3.05, 3.63) is 22.6 Å². The van der Waals surface area contributed by atoms with Gasteiger partial charge in [-0.25, -0.2) is 0 Å². The first-order valence-corrected chi connectivity index (χ1v) is 7.32. The minimum atomic E-state index is -0.893. The van der Waals surface area contributed by atoms with Gasteiger partial charge in [-0.05, 0) is 13.8 Å². The number of allylic oxidation sites excluding steroid dienone is 1. The fraction of sp³-hybridized carbons (Fsp3) is 0.600. The summed E-state index contributed by atoms with van der Waals surface area (Å²) in [6.07, 6.45) is 2.08. The van der Waals surface area contributed by atoms with E-state index in [0.29, 0.717) is 5.92 Å². The average Bonchev–Trinajstić information content (AvgIpc) is 2.64. The van der Waals surface area contributed by atoms with Gasteiger partial charge in [-0.3, -0.25) is 8.42 Å². The van der Waals surface area contributed by atoms with E-state index < -0.39 is 21.6 Å². The molecule has 2 nitrogen and oxygen atoms in total. The van der Waals surface area contributed by atoms with E-state index in [-0.39, 0.29) is 15.7 Å². The van der Waals surface area contributed by atoms with Gasteiger partial charge in [-0.15, -0.1) is 0 Å². The van der Waals surface area contributed by atoms with Gasteiger partial charge in [0.15, 0.2) is 0 Å². The number of rotatable bonds is 0. The topological polar surface area (TPSA) is 34.1 Å². The molecule has 0 spiro atoms. The number of hydrogen-bond acceptors (Lipinski definition) is 2. The first-order valence-electron chi connectivity index (χ1n) is 4.76. The van der Waals surface area contributed by atoms with Crippen LogP contribution in [0.2, 0.25) is 0 Å². The quantitative estimate of drug-likeness (QED) is 0.582. The van der Waals surface area contributed by atoms with E-state index in [2.05, 4.69) is 6.08 Å². The average molecular weight is 228 g/mol. The van der Waals surface area contributed by atoms with Crippen molar-refractivity contribution in [1.29, 1.82) is 0 Å². The zero-order valence-corrected chi connectivity index (χ0v) is 9.73. The van der Waals surface area contributed by atoms with Crippen LogP contribution in [0.1, 0.15) is 13.8 Å². The monoisotopic (exact) mass is 228 g/mol. The Morgan fingerprint density at radius 1 is 1.21 bits per heavy atom. The van der Waals surface area contributed by atoms with Crippen LogP contribution in [0, 0.1) is 5.92 Å². The molecule has 1 saturated heterocycles. The third-order valence-electron chi connectivity index (χ3n) is 3.49. The van der Waals surface area contributed by atoms with Gasteiger partial charge < -0.3 is 0 Å². The summed E-state index contributed by atoms with van der Waals surface area (Å²) in [4.78, 5) is 0. The molecule has 2 bridgehead atoms. The molecule has 0 saturated carbocycles. The molecule has 14 heavy (non-hydrogen) atoms. The third kappa shape index (κ3) is 0.865. The minimum absolute atomic E-state index is 0.0551. The standard InChI is InChI=1S/C10H12O2S2/c1-5-3-7-10-8(9(5)14(7)12)6(2)4-13(10)11/h3-4,7-10H,1-2H3/t7-,8-,9+,10+,13?,14?/m1/s1. The highest BCUT2D eigenvalue weighted by molar-refractivity contribution is 7.93. The molecule has 76 valence electrons. The van der Waals surface area contributed by atoms with Crippen molar-refractivity contribution in [3.63, 3.8) is 0 Å². The zero-order valence-electron chi connectivity index (χ0n) is 8.10. The fourth-order valence-corrected chi connectivity index (χ4v) is 7.60. The van der Waals surface area contributed by atoms with Gasteiger partial charge in [-0.1, -0.05) is 17.2 Å². The van der Waals surface area contributed by atoms with Crippen LogP contribution in [0.4, 0.5) is 0 Å². The van der Waals surface area contributed by atoms with Crippen LogP contribution in [-0.4, -0.2) is 24.2 Å². The van der Waals surface area contributed by atoms with E-state index in [1.54, 1.807) is 0 Å². The van der Waals surface area contributed by atoms with E-state index in [1.807, 2.05) is 19.3 Å². The Balaban J connectivity index is 2.15. The molecule has 3 aliphatic heterocycles. The summed E-state index contributed by atoms with van der Waals surface area (Å²) < 4.78 is 23.8. The maximum absolute atomic E-state index is 12.0. The van der Waals surface area contributed by atoms with Crippen LogP contribution in [-0.2, 0) is 21.6 Å². The summed E-state index contributed by atoms with van der Waals surface area (Å²) in [5.41, 5.74) is 2.42. The molecule has 0 radical (unpaired) electrons. The van der Waals surface area contributed by atoms with E-state index >= 15 is 0 Å². The molecular weight excluding hydrogens is 216 g/mol. The molecule has 0 aliphatic carbocycles. The Hall–Kier alpha value is -0.220. The number of hydrogen-bond donors (Lipinski definition) is 0. The van der Waals surface area contributed by atoms with Gasteiger partial charge in [0.1, 0.15) is 0 Å². The largest absolute Gasteiger partial charge is 0.258 e. The normalized spacial score (nSPS) is 54.4. The van der Waals surface area contributed by atoms with Crippen molar-refractivity contribution in [1.82, 2.24) is 0 Å². The Labute approximate surface area is 88.4 Å². The minimum Gasteiger partial charge on any atom is -0.258 e. The van der Waals surface area contributed by atoms with E-state index in [9.17, 15) is 8.42 Å². The molecule has 3 rings (SSSR count). The molecule has 1 fully saturated rings. The molecule has 0 aromatic rings. The zero-order chi connectivity index (χ0) is 10.0. The second-order valence-electron chi connectivity index (χ2n) is 4.31. The lowest BCUT2D eigenvalue weighted by molar-refractivity contribution is 0.596. The van der Waals surface area contributed by atoms with E-state index in [1.165, 1.54) is 11.1 Å². The smallest absolute Gasteiger partial charge is 0.0690 e. The summed E-state index contributed by atoms with van der Waals surface area (Å²) >= 11 is 0. The number of fused-ring (bicyclic) bond motifs is 5. The molecule has 3 aliphatic rings. The van der Waals surface area contributed by atoms with E-state index in [0.717, 1.165) is 0 Å². The Bertz CT molecular complexity index is 422. The molecule has 0 aromatic carbocycles. The molecule has 0 N–H and O–H groups in total. The van der Waals surface area contributed by atoms with Crippen molar-refractivity contribution in [2.45, 2.75) is 29.6 Å². The maximum atomic E-state index is 12.0. The van der Waals surface area contributed by atoms with Crippen LogP contribution in [0.15, 0.2) is 22.6 Å². The first-order chi connectivity index (χ1) is 6.61. The Morgan fingerprint density at radius 2 is 1.93 bits per heavy atom. The Morgan fingerprint density at radius 3 is 2.64 bits per heavy atom. The van der Waals surface area contributed by atoms with Gasteiger partial charge in [0.05, 0.1) is 26.5 Å². The SMILES string of the molecule is CC1=CS(=O)[C@@H]2[C@H]1[C@@H]1C(C)=C[C@H]2S1=O. The maximum Gasteiger partial charge on any atom is 0.0690 e. The van der Waals surface area contributed by atoms with Gasteiger partial charge in [-0.2, -0.15) is 0 Å². The highest BCUT2D eigenvalue weighted by Crippen LogP contribution is 2.49. The second-order valence-corrected chi connectivity index (χ2v) is 7.45.